The number of carbonyl (C=O) groups is 1. The first-order valence-electron chi connectivity index (χ1n) is 5.23. The van der Waals surface area contributed by atoms with E-state index < -0.39 is 0 Å². The molecule has 0 radical (unpaired) electrons. The maximum Gasteiger partial charge on any atom is 0.255 e. The molecule has 3 nitrogen and oxygen atoms in total. The SMILES string of the molecule is CCCCNC(=O)c1cc(C)ccc1O. The Morgan fingerprint density at radius 1 is 1.47 bits per heavy atom. The van der Waals surface area contributed by atoms with Gasteiger partial charge in [0.05, 0.1) is 5.56 Å². The van der Waals surface area contributed by atoms with Gasteiger partial charge in [0.2, 0.25) is 0 Å². The fourth-order valence-electron chi connectivity index (χ4n) is 1.31. The molecule has 0 heterocycles. The molecule has 0 saturated heterocycles. The third-order valence-electron chi connectivity index (χ3n) is 2.21. The maximum absolute atomic E-state index is 11.6. The van der Waals surface area contributed by atoms with E-state index in [1.807, 2.05) is 6.92 Å². The minimum absolute atomic E-state index is 0.0367. The van der Waals surface area contributed by atoms with Gasteiger partial charge in [-0.3, -0.25) is 4.79 Å². The second-order valence-electron chi connectivity index (χ2n) is 3.63. The lowest BCUT2D eigenvalue weighted by atomic mass is 10.1. The molecule has 0 spiro atoms. The summed E-state index contributed by atoms with van der Waals surface area (Å²) >= 11 is 0. The number of amides is 1. The van der Waals surface area contributed by atoms with Crippen molar-refractivity contribution in [1.82, 2.24) is 5.32 Å². The number of carbonyl (C=O) groups excluding carboxylic acids is 1. The van der Waals surface area contributed by atoms with Gasteiger partial charge in [-0.2, -0.15) is 0 Å². The van der Waals surface area contributed by atoms with E-state index in [0.717, 1.165) is 18.4 Å². The first kappa shape index (κ1) is 11.6. The van der Waals surface area contributed by atoms with Gasteiger partial charge in [0, 0.05) is 6.54 Å². The molecular weight excluding hydrogens is 190 g/mol. The van der Waals surface area contributed by atoms with Gasteiger partial charge >= 0.3 is 0 Å². The Kier molecular flexibility index (Phi) is 4.16. The maximum atomic E-state index is 11.6. The zero-order valence-corrected chi connectivity index (χ0v) is 9.21. The van der Waals surface area contributed by atoms with Crippen molar-refractivity contribution in [3.63, 3.8) is 0 Å². The second-order valence-corrected chi connectivity index (χ2v) is 3.63. The summed E-state index contributed by atoms with van der Waals surface area (Å²) in [5.74, 6) is -0.167. The van der Waals surface area contributed by atoms with Crippen molar-refractivity contribution >= 4 is 5.91 Å². The van der Waals surface area contributed by atoms with Gasteiger partial charge in [0.1, 0.15) is 5.75 Å². The number of aryl methyl sites for hydroxylation is 1. The Morgan fingerprint density at radius 2 is 2.20 bits per heavy atom. The summed E-state index contributed by atoms with van der Waals surface area (Å²) in [5, 5.41) is 12.3. The van der Waals surface area contributed by atoms with Crippen molar-refractivity contribution in [3.05, 3.63) is 29.3 Å². The van der Waals surface area contributed by atoms with E-state index >= 15 is 0 Å². The van der Waals surface area contributed by atoms with Gasteiger partial charge in [0.25, 0.3) is 5.91 Å². The molecule has 15 heavy (non-hydrogen) atoms. The Hall–Kier alpha value is -1.51. The fourth-order valence-corrected chi connectivity index (χ4v) is 1.31. The topological polar surface area (TPSA) is 49.3 Å². The highest BCUT2D eigenvalue weighted by molar-refractivity contribution is 5.96. The van der Waals surface area contributed by atoms with Crippen molar-refractivity contribution in [2.45, 2.75) is 26.7 Å². The molecule has 0 aliphatic rings. The lowest BCUT2D eigenvalue weighted by Crippen LogP contribution is -2.24. The molecule has 0 aliphatic carbocycles. The van der Waals surface area contributed by atoms with Crippen LogP contribution in [0, 0.1) is 6.92 Å². The summed E-state index contributed by atoms with van der Waals surface area (Å²) in [7, 11) is 0. The van der Waals surface area contributed by atoms with Crippen LogP contribution in [0.15, 0.2) is 18.2 Å². The number of benzene rings is 1. The van der Waals surface area contributed by atoms with Crippen molar-refractivity contribution in [1.29, 1.82) is 0 Å². The molecule has 3 heteroatoms. The van der Waals surface area contributed by atoms with Crippen LogP contribution in [0.3, 0.4) is 0 Å². The average molecular weight is 207 g/mol. The summed E-state index contributed by atoms with van der Waals surface area (Å²) in [5.41, 5.74) is 1.32. The average Bonchev–Trinajstić information content (AvgIpc) is 2.22. The van der Waals surface area contributed by atoms with Gasteiger partial charge in [0.15, 0.2) is 0 Å². The van der Waals surface area contributed by atoms with Crippen LogP contribution in [-0.2, 0) is 0 Å². The zero-order valence-electron chi connectivity index (χ0n) is 9.21. The minimum atomic E-state index is -0.204. The third kappa shape index (κ3) is 3.27. The van der Waals surface area contributed by atoms with Crippen molar-refractivity contribution in [3.8, 4) is 5.75 Å². The number of nitrogens with one attached hydrogen (secondary N) is 1. The van der Waals surface area contributed by atoms with Crippen molar-refractivity contribution < 1.29 is 9.90 Å². The van der Waals surface area contributed by atoms with E-state index in [1.54, 1.807) is 18.2 Å². The number of hydrogen-bond donors (Lipinski definition) is 2. The van der Waals surface area contributed by atoms with Crippen LogP contribution in [0.1, 0.15) is 35.7 Å². The monoisotopic (exact) mass is 207 g/mol. The molecule has 0 aromatic heterocycles. The Labute approximate surface area is 90.1 Å². The summed E-state index contributed by atoms with van der Waals surface area (Å²) < 4.78 is 0. The van der Waals surface area contributed by atoms with Crippen LogP contribution in [-0.4, -0.2) is 17.6 Å². The molecule has 1 aromatic rings. The Balaban J connectivity index is 2.68. The lowest BCUT2D eigenvalue weighted by molar-refractivity contribution is 0.0950. The van der Waals surface area contributed by atoms with E-state index in [0.29, 0.717) is 12.1 Å². The second kappa shape index (κ2) is 5.39. The molecule has 0 bridgehead atoms. The van der Waals surface area contributed by atoms with Crippen LogP contribution >= 0.6 is 0 Å². The molecule has 0 atom stereocenters. The van der Waals surface area contributed by atoms with Gasteiger partial charge in [-0.15, -0.1) is 0 Å². The predicted octanol–water partition coefficient (Wildman–Crippen LogP) is 2.23. The number of unbranched alkanes of at least 4 members (excludes halogenated alkanes) is 1. The van der Waals surface area contributed by atoms with Crippen LogP contribution in [0.2, 0.25) is 0 Å². The Morgan fingerprint density at radius 3 is 2.87 bits per heavy atom. The molecule has 0 fully saturated rings. The highest BCUT2D eigenvalue weighted by atomic mass is 16.3. The van der Waals surface area contributed by atoms with E-state index in [2.05, 4.69) is 12.2 Å². The van der Waals surface area contributed by atoms with Gasteiger partial charge < -0.3 is 10.4 Å². The first-order chi connectivity index (χ1) is 7.15. The van der Waals surface area contributed by atoms with Gasteiger partial charge in [-0.25, -0.2) is 0 Å². The molecule has 0 saturated carbocycles. The van der Waals surface area contributed by atoms with Crippen LogP contribution < -0.4 is 5.32 Å². The summed E-state index contributed by atoms with van der Waals surface area (Å²) in [4.78, 5) is 11.6. The number of rotatable bonds is 4. The van der Waals surface area contributed by atoms with E-state index in [1.165, 1.54) is 0 Å². The molecule has 1 aromatic carbocycles. The fraction of sp³-hybridized carbons (Fsp3) is 0.417. The number of aromatic hydroxyl groups is 1. The molecule has 0 unspecified atom stereocenters. The lowest BCUT2D eigenvalue weighted by Gasteiger charge is -2.06. The molecule has 1 amide bonds. The van der Waals surface area contributed by atoms with Gasteiger partial charge in [-0.05, 0) is 25.5 Å². The molecule has 1 rings (SSSR count). The quantitative estimate of drug-likeness (QED) is 0.744. The summed E-state index contributed by atoms with van der Waals surface area (Å²) in [6.07, 6.45) is 2.00. The van der Waals surface area contributed by atoms with Crippen LogP contribution in [0.4, 0.5) is 0 Å². The zero-order chi connectivity index (χ0) is 11.3. The summed E-state index contributed by atoms with van der Waals surface area (Å²) in [6, 6.07) is 5.01. The van der Waals surface area contributed by atoms with Crippen LogP contribution in [0.25, 0.3) is 0 Å². The van der Waals surface area contributed by atoms with Crippen LogP contribution in [0.5, 0.6) is 5.75 Å². The van der Waals surface area contributed by atoms with E-state index in [9.17, 15) is 9.90 Å². The highest BCUT2D eigenvalue weighted by Crippen LogP contribution is 2.17. The highest BCUT2D eigenvalue weighted by Gasteiger charge is 2.09. The van der Waals surface area contributed by atoms with E-state index in [4.69, 9.17) is 0 Å². The smallest absolute Gasteiger partial charge is 0.255 e. The number of phenols is 1. The normalized spacial score (nSPS) is 10.0. The van der Waals surface area contributed by atoms with Crippen molar-refractivity contribution in [2.75, 3.05) is 6.54 Å². The van der Waals surface area contributed by atoms with Crippen molar-refractivity contribution in [2.24, 2.45) is 0 Å². The standard InChI is InChI=1S/C12H17NO2/c1-3-4-7-13-12(15)10-8-9(2)5-6-11(10)14/h5-6,8,14H,3-4,7H2,1-2H3,(H,13,15). The minimum Gasteiger partial charge on any atom is -0.507 e. The summed E-state index contributed by atoms with van der Waals surface area (Å²) in [6.45, 7) is 4.61. The largest absolute Gasteiger partial charge is 0.507 e. The van der Waals surface area contributed by atoms with E-state index in [-0.39, 0.29) is 11.7 Å². The number of hydrogen-bond acceptors (Lipinski definition) is 2. The van der Waals surface area contributed by atoms with Gasteiger partial charge in [-0.1, -0.05) is 25.0 Å². The number of phenolic OH excluding ortho intramolecular Hbond substituents is 1. The molecular formula is C12H17NO2. The first-order valence-corrected chi connectivity index (χ1v) is 5.23. The predicted molar refractivity (Wildman–Crippen MR) is 60.1 cm³/mol. The Bertz CT molecular complexity index is 347. The molecule has 0 aliphatic heterocycles. The third-order valence-corrected chi connectivity index (χ3v) is 2.21. The molecule has 82 valence electrons. The molecule has 2 N–H and O–H groups in total.